The van der Waals surface area contributed by atoms with Crippen molar-refractivity contribution in [2.45, 2.75) is 13.5 Å². The van der Waals surface area contributed by atoms with Gasteiger partial charge in [0.25, 0.3) is 5.56 Å². The molecule has 0 atom stereocenters. The van der Waals surface area contributed by atoms with Gasteiger partial charge in [-0.2, -0.15) is 14.6 Å². The number of fused-ring (bicyclic) bond motifs is 1. The molecule has 0 amide bonds. The number of hydrogen-bond acceptors (Lipinski definition) is 7. The number of aromatic nitrogens is 5. The van der Waals surface area contributed by atoms with Crippen LogP contribution < -0.4 is 19.6 Å². The molecule has 10 heteroatoms. The number of nitrogens with zero attached hydrogens (tertiary/aromatic N) is 5. The van der Waals surface area contributed by atoms with Crippen molar-refractivity contribution in [3.63, 3.8) is 0 Å². The Balaban J connectivity index is 1.17. The van der Waals surface area contributed by atoms with Crippen molar-refractivity contribution in [2.75, 3.05) is 6.61 Å². The molecule has 7 rings (SSSR count). The molecule has 0 aliphatic heterocycles. The van der Waals surface area contributed by atoms with Gasteiger partial charge in [-0.05, 0) is 90.9 Å². The summed E-state index contributed by atoms with van der Waals surface area (Å²) in [5.41, 5.74) is 4.81. The fourth-order valence-corrected chi connectivity index (χ4v) is 5.87. The average Bonchev–Trinajstić information content (AvgIpc) is 3.79. The molecular formula is C37H28FN5O3S. The lowest BCUT2D eigenvalue weighted by molar-refractivity contribution is 0.306. The zero-order chi connectivity index (χ0) is 32.2. The van der Waals surface area contributed by atoms with Crippen LogP contribution in [-0.4, -0.2) is 31.0 Å². The quantitative estimate of drug-likeness (QED) is 0.163. The molecule has 8 nitrogen and oxygen atoms in total. The predicted molar refractivity (Wildman–Crippen MR) is 182 cm³/mol. The van der Waals surface area contributed by atoms with Gasteiger partial charge in [-0.3, -0.25) is 4.79 Å². The van der Waals surface area contributed by atoms with Crippen molar-refractivity contribution >= 4 is 34.5 Å². The Morgan fingerprint density at radius 1 is 0.830 bits per heavy atom. The molecule has 4 aromatic carbocycles. The summed E-state index contributed by atoms with van der Waals surface area (Å²) in [6, 6.07) is 31.3. The van der Waals surface area contributed by atoms with Gasteiger partial charge in [-0.15, -0.1) is 5.10 Å². The molecule has 3 heterocycles. The van der Waals surface area contributed by atoms with E-state index in [4.69, 9.17) is 14.6 Å². The topological polar surface area (TPSA) is 83.5 Å². The van der Waals surface area contributed by atoms with Gasteiger partial charge in [0, 0.05) is 17.3 Å². The molecule has 0 saturated heterocycles. The molecule has 0 aliphatic carbocycles. The maximum absolute atomic E-state index is 13.4. The average molecular weight is 642 g/mol. The maximum atomic E-state index is 13.4. The van der Waals surface area contributed by atoms with Crippen LogP contribution in [0.4, 0.5) is 4.39 Å². The first-order valence-corrected chi connectivity index (χ1v) is 15.8. The van der Waals surface area contributed by atoms with Crippen molar-refractivity contribution in [3.8, 4) is 28.4 Å². The number of thiazole rings is 1. The summed E-state index contributed by atoms with van der Waals surface area (Å²) in [5, 5.41) is 9.33. The lowest BCUT2D eigenvalue weighted by Gasteiger charge is -2.07. The first-order chi connectivity index (χ1) is 23.0. The second-order valence-corrected chi connectivity index (χ2v) is 11.6. The van der Waals surface area contributed by atoms with E-state index < -0.39 is 0 Å². The van der Waals surface area contributed by atoms with E-state index in [1.807, 2.05) is 104 Å². The zero-order valence-corrected chi connectivity index (χ0v) is 26.1. The van der Waals surface area contributed by atoms with Gasteiger partial charge < -0.3 is 9.47 Å². The van der Waals surface area contributed by atoms with E-state index in [2.05, 4.69) is 10.1 Å². The predicted octanol–water partition coefficient (Wildman–Crippen LogP) is 6.84. The molecule has 7 aromatic rings. The number of halogens is 1. The van der Waals surface area contributed by atoms with Crippen LogP contribution in [0.5, 0.6) is 11.5 Å². The van der Waals surface area contributed by atoms with Crippen LogP contribution in [0.3, 0.4) is 0 Å². The first-order valence-electron chi connectivity index (χ1n) is 15.0. The summed E-state index contributed by atoms with van der Waals surface area (Å²) in [6.45, 7) is 2.88. The fourth-order valence-electron chi connectivity index (χ4n) is 4.96. The molecule has 0 fully saturated rings. The van der Waals surface area contributed by atoms with Crippen LogP contribution in [0.25, 0.3) is 40.1 Å². The number of benzene rings is 4. The Morgan fingerprint density at radius 3 is 2.28 bits per heavy atom. The molecule has 0 saturated carbocycles. The fraction of sp³-hybridized carbons (Fsp3) is 0.0811. The molecule has 0 unspecified atom stereocenters. The summed E-state index contributed by atoms with van der Waals surface area (Å²) in [6.07, 6.45) is 7.42. The molecule has 0 N–H and O–H groups in total. The highest BCUT2D eigenvalue weighted by molar-refractivity contribution is 7.15. The van der Waals surface area contributed by atoms with E-state index in [9.17, 15) is 9.18 Å². The molecule has 0 radical (unpaired) electrons. The number of hydrogen-bond donors (Lipinski definition) is 0. The van der Waals surface area contributed by atoms with E-state index in [0.29, 0.717) is 40.0 Å². The second-order valence-electron chi connectivity index (χ2n) is 10.6. The zero-order valence-electron chi connectivity index (χ0n) is 25.3. The van der Waals surface area contributed by atoms with Crippen LogP contribution in [0, 0.1) is 5.82 Å². The first kappa shape index (κ1) is 29.8. The van der Waals surface area contributed by atoms with Crippen LogP contribution in [-0.2, 0) is 6.61 Å². The molecular weight excluding hydrogens is 614 g/mol. The van der Waals surface area contributed by atoms with Gasteiger partial charge in [0.05, 0.1) is 16.8 Å². The molecule has 3 aromatic heterocycles. The molecule has 0 aliphatic rings. The summed E-state index contributed by atoms with van der Waals surface area (Å²) >= 11 is 1.28. The highest BCUT2D eigenvalue weighted by Gasteiger charge is 2.14. The Labute approximate surface area is 273 Å². The Hall–Kier alpha value is -5.87. The number of ether oxygens (including phenoxy) is 2. The third kappa shape index (κ3) is 6.73. The maximum Gasteiger partial charge on any atom is 0.291 e. The Morgan fingerprint density at radius 2 is 1.55 bits per heavy atom. The second kappa shape index (κ2) is 13.2. The van der Waals surface area contributed by atoms with E-state index in [0.717, 1.165) is 33.7 Å². The van der Waals surface area contributed by atoms with Crippen molar-refractivity contribution in [1.82, 2.24) is 24.4 Å². The van der Waals surface area contributed by atoms with E-state index in [1.165, 1.54) is 28.0 Å². The molecule has 0 bridgehead atoms. The van der Waals surface area contributed by atoms with Crippen LogP contribution >= 0.6 is 11.3 Å². The van der Waals surface area contributed by atoms with Gasteiger partial charge in [0.15, 0.2) is 5.82 Å². The minimum absolute atomic E-state index is 0.249. The minimum Gasteiger partial charge on any atom is -0.494 e. The van der Waals surface area contributed by atoms with Gasteiger partial charge >= 0.3 is 0 Å². The van der Waals surface area contributed by atoms with Crippen LogP contribution in [0.1, 0.15) is 29.4 Å². The molecule has 232 valence electrons. The summed E-state index contributed by atoms with van der Waals surface area (Å²) in [7, 11) is 0. The van der Waals surface area contributed by atoms with Crippen molar-refractivity contribution in [1.29, 1.82) is 0 Å². The lowest BCUT2D eigenvalue weighted by atomic mass is 10.1. The third-order valence-electron chi connectivity index (χ3n) is 7.31. The van der Waals surface area contributed by atoms with E-state index in [-0.39, 0.29) is 11.4 Å². The Bertz CT molecular complexity index is 2280. The van der Waals surface area contributed by atoms with Gasteiger partial charge in [-0.25, -0.2) is 9.07 Å². The van der Waals surface area contributed by atoms with Crippen molar-refractivity contribution < 1.29 is 13.9 Å². The summed E-state index contributed by atoms with van der Waals surface area (Å²) < 4.78 is 28.3. The summed E-state index contributed by atoms with van der Waals surface area (Å²) in [4.78, 5) is 18.5. The normalized spacial score (nSPS) is 11.9. The number of para-hydroxylation sites is 1. The van der Waals surface area contributed by atoms with Crippen LogP contribution in [0.15, 0.2) is 114 Å². The smallest absolute Gasteiger partial charge is 0.291 e. The highest BCUT2D eigenvalue weighted by Crippen LogP contribution is 2.27. The standard InChI is InChI=1S/C37H28FN5O3S/c1-2-45-31-17-10-25(11-18-31)12-21-34-39-37-43(40-34)36(44)33(47-37)22-28-23-42(30-6-4-3-5-7-30)41-35(28)27-13-19-32(20-14-27)46-24-26-8-15-29(38)16-9-26/h3-23H,2,24H2,1H3/b21-12+,33-22-. The third-order valence-corrected chi connectivity index (χ3v) is 8.27. The minimum atomic E-state index is -0.282. The van der Waals surface area contributed by atoms with Gasteiger partial charge in [0.1, 0.15) is 29.6 Å². The number of rotatable bonds is 10. The van der Waals surface area contributed by atoms with Gasteiger partial charge in [-0.1, -0.05) is 59.9 Å². The highest BCUT2D eigenvalue weighted by atomic mass is 32.1. The SMILES string of the molecule is CCOc1ccc(/C=C/c2nc3s/c(=C\c4cn(-c5ccccc5)nc4-c4ccc(OCc5ccc(F)cc5)cc4)c(=O)n3n2)cc1. The largest absolute Gasteiger partial charge is 0.494 e. The van der Waals surface area contributed by atoms with E-state index >= 15 is 0 Å². The van der Waals surface area contributed by atoms with Crippen LogP contribution in [0.2, 0.25) is 0 Å². The molecule has 47 heavy (non-hydrogen) atoms. The van der Waals surface area contributed by atoms with Crippen molar-refractivity contribution in [3.05, 3.63) is 153 Å². The Kier molecular flexibility index (Phi) is 8.40. The van der Waals surface area contributed by atoms with Gasteiger partial charge in [0.2, 0.25) is 4.96 Å². The molecule has 0 spiro atoms. The monoisotopic (exact) mass is 641 g/mol. The van der Waals surface area contributed by atoms with E-state index in [1.54, 1.807) is 22.9 Å². The lowest BCUT2D eigenvalue weighted by Crippen LogP contribution is -2.23. The summed E-state index contributed by atoms with van der Waals surface area (Å²) in [5.74, 6) is 1.65. The van der Waals surface area contributed by atoms with Crippen molar-refractivity contribution in [2.24, 2.45) is 0 Å².